The van der Waals surface area contributed by atoms with Gasteiger partial charge in [-0.3, -0.25) is 0 Å². The lowest BCUT2D eigenvalue weighted by atomic mass is 9.80. The molecular formula is C12H19BrN2OS. The highest BCUT2D eigenvalue weighted by Gasteiger charge is 2.30. The Kier molecular flexibility index (Phi) is 4.99. The topological polar surface area (TPSA) is 47.3 Å². The van der Waals surface area contributed by atoms with E-state index in [4.69, 9.17) is 10.5 Å². The minimum Gasteiger partial charge on any atom is -0.381 e. The lowest BCUT2D eigenvalue weighted by molar-refractivity contribution is 0.0191. The molecule has 0 saturated carbocycles. The van der Waals surface area contributed by atoms with E-state index in [0.29, 0.717) is 0 Å². The molecule has 1 saturated heterocycles. The monoisotopic (exact) mass is 318 g/mol. The Balaban J connectivity index is 1.79. The molecule has 1 fully saturated rings. The van der Waals surface area contributed by atoms with E-state index in [2.05, 4.69) is 32.7 Å². The maximum Gasteiger partial charge on any atom is 0.0472 e. The van der Waals surface area contributed by atoms with E-state index in [0.717, 1.165) is 45.7 Å². The predicted molar refractivity (Wildman–Crippen MR) is 75.3 cm³/mol. The van der Waals surface area contributed by atoms with Crippen molar-refractivity contribution in [2.75, 3.05) is 26.3 Å². The minimum atomic E-state index is 0.243. The van der Waals surface area contributed by atoms with Crippen molar-refractivity contribution in [2.24, 2.45) is 11.1 Å². The van der Waals surface area contributed by atoms with Gasteiger partial charge in [-0.05, 0) is 46.8 Å². The smallest absolute Gasteiger partial charge is 0.0472 e. The van der Waals surface area contributed by atoms with Crippen LogP contribution in [0.4, 0.5) is 0 Å². The maximum atomic E-state index is 5.92. The average Bonchev–Trinajstić information content (AvgIpc) is 2.76. The minimum absolute atomic E-state index is 0.243. The summed E-state index contributed by atoms with van der Waals surface area (Å²) in [7, 11) is 0. The van der Waals surface area contributed by atoms with Gasteiger partial charge in [0, 0.05) is 41.0 Å². The van der Waals surface area contributed by atoms with Crippen molar-refractivity contribution in [1.29, 1.82) is 0 Å². The Morgan fingerprint density at radius 1 is 1.47 bits per heavy atom. The number of nitrogens with two attached hydrogens (primary N) is 1. The van der Waals surface area contributed by atoms with Gasteiger partial charge in [-0.15, -0.1) is 11.3 Å². The van der Waals surface area contributed by atoms with E-state index < -0.39 is 0 Å². The fraction of sp³-hybridized carbons (Fsp3) is 0.667. The van der Waals surface area contributed by atoms with Crippen molar-refractivity contribution >= 4 is 27.3 Å². The van der Waals surface area contributed by atoms with Gasteiger partial charge >= 0.3 is 0 Å². The molecule has 1 aromatic rings. The molecule has 3 nitrogen and oxygen atoms in total. The van der Waals surface area contributed by atoms with Gasteiger partial charge in [0.15, 0.2) is 0 Å². The lowest BCUT2D eigenvalue weighted by Crippen LogP contribution is -2.44. The Morgan fingerprint density at radius 2 is 2.24 bits per heavy atom. The van der Waals surface area contributed by atoms with Crippen molar-refractivity contribution in [2.45, 2.75) is 19.4 Å². The zero-order valence-electron chi connectivity index (χ0n) is 9.88. The first-order valence-corrected chi connectivity index (χ1v) is 7.63. The highest BCUT2D eigenvalue weighted by atomic mass is 79.9. The number of hydrogen-bond donors (Lipinski definition) is 2. The van der Waals surface area contributed by atoms with Gasteiger partial charge in [0.25, 0.3) is 0 Å². The molecule has 1 aliphatic rings. The molecule has 0 aromatic carbocycles. The van der Waals surface area contributed by atoms with Crippen LogP contribution in [0, 0.1) is 5.41 Å². The molecular weight excluding hydrogens is 300 g/mol. The molecule has 0 radical (unpaired) electrons. The third-order valence-corrected chi connectivity index (χ3v) is 5.11. The number of ether oxygens (including phenoxy) is 1. The molecule has 0 aliphatic carbocycles. The van der Waals surface area contributed by atoms with Crippen LogP contribution < -0.4 is 11.1 Å². The second-order valence-corrected chi connectivity index (χ2v) is 6.56. The zero-order chi connectivity index (χ0) is 12.1. The molecule has 0 atom stereocenters. The van der Waals surface area contributed by atoms with Gasteiger partial charge in [0.05, 0.1) is 0 Å². The highest BCUT2D eigenvalue weighted by Crippen LogP contribution is 2.28. The zero-order valence-corrected chi connectivity index (χ0v) is 12.3. The van der Waals surface area contributed by atoms with Gasteiger partial charge in [-0.2, -0.15) is 0 Å². The van der Waals surface area contributed by atoms with Gasteiger partial charge in [0.1, 0.15) is 0 Å². The molecule has 0 bridgehead atoms. The number of rotatable bonds is 5. The highest BCUT2D eigenvalue weighted by molar-refractivity contribution is 9.10. The van der Waals surface area contributed by atoms with E-state index in [-0.39, 0.29) is 5.41 Å². The van der Waals surface area contributed by atoms with Crippen LogP contribution in [0.3, 0.4) is 0 Å². The van der Waals surface area contributed by atoms with E-state index in [9.17, 15) is 0 Å². The van der Waals surface area contributed by atoms with Crippen molar-refractivity contribution in [3.8, 4) is 0 Å². The molecule has 2 heterocycles. The second-order valence-electron chi connectivity index (χ2n) is 4.65. The van der Waals surface area contributed by atoms with Crippen LogP contribution in [-0.2, 0) is 11.3 Å². The molecule has 96 valence electrons. The Hall–Kier alpha value is 0.0600. The normalized spacial score (nSPS) is 19.4. The Morgan fingerprint density at radius 3 is 2.82 bits per heavy atom. The molecule has 5 heteroatoms. The van der Waals surface area contributed by atoms with E-state index in [1.807, 2.05) is 0 Å². The van der Waals surface area contributed by atoms with Gasteiger partial charge in [0.2, 0.25) is 0 Å². The summed E-state index contributed by atoms with van der Waals surface area (Å²) in [6.45, 7) is 4.37. The first-order valence-electron chi connectivity index (χ1n) is 5.96. The molecule has 1 aromatic heterocycles. The third-order valence-electron chi connectivity index (χ3n) is 3.41. The van der Waals surface area contributed by atoms with E-state index in [1.165, 1.54) is 9.35 Å². The van der Waals surface area contributed by atoms with Crippen LogP contribution in [0.2, 0.25) is 0 Å². The maximum absolute atomic E-state index is 5.92. The van der Waals surface area contributed by atoms with Gasteiger partial charge < -0.3 is 15.8 Å². The standard InChI is InChI=1S/C12H19BrN2OS/c13-10-5-11(17-7-10)6-15-9-12(8-14)1-3-16-4-2-12/h5,7,15H,1-4,6,8-9,14H2. The van der Waals surface area contributed by atoms with E-state index in [1.54, 1.807) is 11.3 Å². The fourth-order valence-corrected chi connectivity index (χ4v) is 3.58. The van der Waals surface area contributed by atoms with Crippen LogP contribution in [0.1, 0.15) is 17.7 Å². The fourth-order valence-electron chi connectivity index (χ4n) is 2.15. The summed E-state index contributed by atoms with van der Waals surface area (Å²) in [4.78, 5) is 1.36. The summed E-state index contributed by atoms with van der Waals surface area (Å²) in [6.07, 6.45) is 2.15. The second kappa shape index (κ2) is 6.29. The van der Waals surface area contributed by atoms with Crippen molar-refractivity contribution in [3.63, 3.8) is 0 Å². The van der Waals surface area contributed by atoms with Crippen molar-refractivity contribution in [3.05, 3.63) is 20.8 Å². The number of thiophene rings is 1. The first-order chi connectivity index (χ1) is 8.24. The third kappa shape index (κ3) is 3.76. The molecule has 0 unspecified atom stereocenters. The molecule has 3 N–H and O–H groups in total. The number of hydrogen-bond acceptors (Lipinski definition) is 4. The number of nitrogens with one attached hydrogen (secondary N) is 1. The quantitative estimate of drug-likeness (QED) is 0.876. The average molecular weight is 319 g/mol. The first kappa shape index (κ1) is 13.5. The molecule has 0 spiro atoms. The van der Waals surface area contributed by atoms with Crippen LogP contribution in [0.15, 0.2) is 15.9 Å². The van der Waals surface area contributed by atoms with Crippen LogP contribution in [0.25, 0.3) is 0 Å². The summed E-state index contributed by atoms with van der Waals surface area (Å²) in [6, 6.07) is 2.16. The molecule has 1 aliphatic heterocycles. The molecule has 0 amide bonds. The Bertz CT molecular complexity index is 350. The van der Waals surface area contributed by atoms with Crippen LogP contribution in [0.5, 0.6) is 0 Å². The SMILES string of the molecule is NCC1(CNCc2cc(Br)cs2)CCOCC1. The Labute approximate surface area is 115 Å². The predicted octanol–water partition coefficient (Wildman–Crippen LogP) is 2.36. The lowest BCUT2D eigenvalue weighted by Gasteiger charge is -2.36. The summed E-state index contributed by atoms with van der Waals surface area (Å²) in [5.74, 6) is 0. The summed E-state index contributed by atoms with van der Waals surface area (Å²) in [5.41, 5.74) is 6.16. The largest absolute Gasteiger partial charge is 0.381 e. The van der Waals surface area contributed by atoms with E-state index >= 15 is 0 Å². The van der Waals surface area contributed by atoms with Gasteiger partial charge in [-0.25, -0.2) is 0 Å². The summed E-state index contributed by atoms with van der Waals surface area (Å²) >= 11 is 5.25. The van der Waals surface area contributed by atoms with Crippen molar-refractivity contribution < 1.29 is 4.74 Å². The summed E-state index contributed by atoms with van der Waals surface area (Å²) in [5, 5.41) is 5.65. The van der Waals surface area contributed by atoms with Gasteiger partial charge in [-0.1, -0.05) is 0 Å². The van der Waals surface area contributed by atoms with Crippen LogP contribution >= 0.6 is 27.3 Å². The molecule has 17 heavy (non-hydrogen) atoms. The van der Waals surface area contributed by atoms with Crippen molar-refractivity contribution in [1.82, 2.24) is 5.32 Å². The molecule has 2 rings (SSSR count). The van der Waals surface area contributed by atoms with Crippen LogP contribution in [-0.4, -0.2) is 26.3 Å². The number of halogens is 1. The summed E-state index contributed by atoms with van der Waals surface area (Å²) < 4.78 is 6.57.